The van der Waals surface area contributed by atoms with E-state index in [0.717, 1.165) is 12.1 Å². The van der Waals surface area contributed by atoms with Gasteiger partial charge in [-0.25, -0.2) is 4.39 Å². The third kappa shape index (κ3) is 3.70. The molecule has 0 aliphatic heterocycles. The van der Waals surface area contributed by atoms with Crippen LogP contribution in [0, 0.1) is 11.7 Å². The van der Waals surface area contributed by atoms with E-state index in [4.69, 9.17) is 5.73 Å². The summed E-state index contributed by atoms with van der Waals surface area (Å²) in [5.74, 6) is -0.968. The molecule has 0 spiro atoms. The summed E-state index contributed by atoms with van der Waals surface area (Å²) in [5.41, 5.74) is 4.92. The van der Waals surface area contributed by atoms with Crippen LogP contribution in [-0.2, 0) is 6.18 Å². The fraction of sp³-hybridized carbons (Fsp3) is 0.500. The predicted molar refractivity (Wildman–Crippen MR) is 57.8 cm³/mol. The Balaban J connectivity index is 2.97. The first-order valence-electron chi connectivity index (χ1n) is 5.34. The number of hydrogen-bond acceptors (Lipinski definition) is 1. The van der Waals surface area contributed by atoms with Crippen molar-refractivity contribution in [3.05, 3.63) is 35.1 Å². The van der Waals surface area contributed by atoms with E-state index in [-0.39, 0.29) is 0 Å². The number of halogens is 4. The number of benzene rings is 1. The second-order valence-electron chi connectivity index (χ2n) is 4.47. The molecule has 0 aromatic heterocycles. The van der Waals surface area contributed by atoms with Gasteiger partial charge in [-0.2, -0.15) is 13.2 Å². The smallest absolute Gasteiger partial charge is 0.324 e. The first kappa shape index (κ1) is 14.0. The summed E-state index contributed by atoms with van der Waals surface area (Å²) in [7, 11) is 0. The second-order valence-corrected chi connectivity index (χ2v) is 4.47. The summed E-state index contributed by atoms with van der Waals surface area (Å²) in [5, 5.41) is 0. The standard InChI is InChI=1S/C12H15F4N/c1-7(2)5-11(17)8-3-4-9(10(13)6-8)12(14,15)16/h3-4,6-7,11H,5,17H2,1-2H3/t11-/m0/s1. The highest BCUT2D eigenvalue weighted by Gasteiger charge is 2.34. The molecule has 0 amide bonds. The van der Waals surface area contributed by atoms with Crippen molar-refractivity contribution >= 4 is 0 Å². The SMILES string of the molecule is CC(C)C[C@H](N)c1ccc(C(F)(F)F)c(F)c1. The first-order chi connectivity index (χ1) is 7.71. The van der Waals surface area contributed by atoms with Gasteiger partial charge < -0.3 is 5.73 Å². The third-order valence-corrected chi connectivity index (χ3v) is 2.45. The molecule has 1 aromatic carbocycles. The Morgan fingerprint density at radius 2 is 1.82 bits per heavy atom. The van der Waals surface area contributed by atoms with Gasteiger partial charge in [-0.3, -0.25) is 0 Å². The van der Waals surface area contributed by atoms with Crippen LogP contribution >= 0.6 is 0 Å². The number of hydrogen-bond donors (Lipinski definition) is 1. The van der Waals surface area contributed by atoms with Gasteiger partial charge in [0.2, 0.25) is 0 Å². The number of nitrogens with two attached hydrogens (primary N) is 1. The summed E-state index contributed by atoms with van der Waals surface area (Å²) in [6.07, 6.45) is -4.06. The maximum atomic E-state index is 13.3. The van der Waals surface area contributed by atoms with E-state index < -0.39 is 23.6 Å². The van der Waals surface area contributed by atoms with E-state index in [1.165, 1.54) is 6.07 Å². The molecular weight excluding hydrogens is 234 g/mol. The Hall–Kier alpha value is -1.10. The van der Waals surface area contributed by atoms with Gasteiger partial charge in [-0.15, -0.1) is 0 Å². The van der Waals surface area contributed by atoms with Crippen molar-refractivity contribution in [2.45, 2.75) is 32.5 Å². The van der Waals surface area contributed by atoms with Crippen molar-refractivity contribution < 1.29 is 17.6 Å². The Morgan fingerprint density at radius 1 is 1.24 bits per heavy atom. The molecule has 1 atom stereocenters. The van der Waals surface area contributed by atoms with Crippen LogP contribution in [0.2, 0.25) is 0 Å². The molecule has 0 bridgehead atoms. The van der Waals surface area contributed by atoms with Gasteiger partial charge >= 0.3 is 6.18 Å². The minimum absolute atomic E-state index is 0.301. The lowest BCUT2D eigenvalue weighted by Crippen LogP contribution is -2.15. The first-order valence-corrected chi connectivity index (χ1v) is 5.34. The molecule has 17 heavy (non-hydrogen) atoms. The van der Waals surface area contributed by atoms with Crippen LogP contribution in [0.25, 0.3) is 0 Å². The van der Waals surface area contributed by atoms with Gasteiger partial charge in [0, 0.05) is 6.04 Å². The fourth-order valence-corrected chi connectivity index (χ4v) is 1.64. The molecule has 0 aliphatic rings. The van der Waals surface area contributed by atoms with E-state index in [0.29, 0.717) is 17.9 Å². The van der Waals surface area contributed by atoms with Gasteiger partial charge in [0.15, 0.2) is 0 Å². The molecule has 0 saturated carbocycles. The largest absolute Gasteiger partial charge is 0.419 e. The molecule has 1 nitrogen and oxygen atoms in total. The molecule has 0 radical (unpaired) electrons. The maximum absolute atomic E-state index is 13.3. The van der Waals surface area contributed by atoms with E-state index in [1.54, 1.807) is 0 Å². The lowest BCUT2D eigenvalue weighted by Gasteiger charge is -2.16. The highest BCUT2D eigenvalue weighted by atomic mass is 19.4. The molecule has 0 heterocycles. The molecule has 0 unspecified atom stereocenters. The van der Waals surface area contributed by atoms with Crippen LogP contribution in [0.1, 0.15) is 37.4 Å². The molecule has 0 saturated heterocycles. The van der Waals surface area contributed by atoms with E-state index in [1.807, 2.05) is 13.8 Å². The average molecular weight is 249 g/mol. The van der Waals surface area contributed by atoms with E-state index >= 15 is 0 Å². The minimum Gasteiger partial charge on any atom is -0.324 e. The van der Waals surface area contributed by atoms with Crippen molar-refractivity contribution in [2.75, 3.05) is 0 Å². The second kappa shape index (κ2) is 5.04. The minimum atomic E-state index is -4.66. The maximum Gasteiger partial charge on any atom is 0.419 e. The zero-order valence-electron chi connectivity index (χ0n) is 9.68. The normalized spacial score (nSPS) is 14.1. The summed E-state index contributed by atoms with van der Waals surface area (Å²) < 4.78 is 50.2. The van der Waals surface area contributed by atoms with Crippen LogP contribution in [0.4, 0.5) is 17.6 Å². The van der Waals surface area contributed by atoms with Crippen LogP contribution in [0.3, 0.4) is 0 Å². The Bertz CT molecular complexity index is 385. The van der Waals surface area contributed by atoms with Crippen molar-refractivity contribution in [2.24, 2.45) is 11.7 Å². The number of rotatable bonds is 3. The van der Waals surface area contributed by atoms with Gasteiger partial charge in [0.1, 0.15) is 5.82 Å². The quantitative estimate of drug-likeness (QED) is 0.808. The zero-order chi connectivity index (χ0) is 13.2. The molecule has 2 N–H and O–H groups in total. The predicted octanol–water partition coefficient (Wildman–Crippen LogP) is 3.89. The Morgan fingerprint density at radius 3 is 2.24 bits per heavy atom. The highest BCUT2D eigenvalue weighted by Crippen LogP contribution is 2.32. The lowest BCUT2D eigenvalue weighted by atomic mass is 9.97. The molecule has 1 aromatic rings. The van der Waals surface area contributed by atoms with Gasteiger partial charge in [0.05, 0.1) is 5.56 Å². The van der Waals surface area contributed by atoms with E-state index in [2.05, 4.69) is 0 Å². The summed E-state index contributed by atoms with van der Waals surface area (Å²) >= 11 is 0. The van der Waals surface area contributed by atoms with Crippen molar-refractivity contribution in [3.8, 4) is 0 Å². The fourth-order valence-electron chi connectivity index (χ4n) is 1.64. The van der Waals surface area contributed by atoms with Crippen LogP contribution < -0.4 is 5.73 Å². The van der Waals surface area contributed by atoms with Crippen molar-refractivity contribution in [1.29, 1.82) is 0 Å². The summed E-state index contributed by atoms with van der Waals surface area (Å²) in [6, 6.07) is 2.41. The monoisotopic (exact) mass is 249 g/mol. The summed E-state index contributed by atoms with van der Waals surface area (Å²) in [4.78, 5) is 0. The molecule has 0 aliphatic carbocycles. The highest BCUT2D eigenvalue weighted by molar-refractivity contribution is 5.28. The Labute approximate surface area is 97.6 Å². The van der Waals surface area contributed by atoms with Crippen LogP contribution in [-0.4, -0.2) is 0 Å². The van der Waals surface area contributed by atoms with E-state index in [9.17, 15) is 17.6 Å². The molecule has 1 rings (SSSR count). The van der Waals surface area contributed by atoms with Gasteiger partial charge in [-0.05, 0) is 30.0 Å². The lowest BCUT2D eigenvalue weighted by molar-refractivity contribution is -0.140. The number of alkyl halides is 3. The van der Waals surface area contributed by atoms with Crippen LogP contribution in [0.15, 0.2) is 18.2 Å². The van der Waals surface area contributed by atoms with Crippen molar-refractivity contribution in [1.82, 2.24) is 0 Å². The van der Waals surface area contributed by atoms with Crippen LogP contribution in [0.5, 0.6) is 0 Å². The molecule has 96 valence electrons. The zero-order valence-corrected chi connectivity index (χ0v) is 9.68. The molecule has 0 fully saturated rings. The molecular formula is C12H15F4N. The summed E-state index contributed by atoms with van der Waals surface area (Å²) in [6.45, 7) is 3.89. The average Bonchev–Trinajstić information content (AvgIpc) is 2.14. The van der Waals surface area contributed by atoms with Gasteiger partial charge in [-0.1, -0.05) is 19.9 Å². The van der Waals surface area contributed by atoms with Crippen molar-refractivity contribution in [3.63, 3.8) is 0 Å². The topological polar surface area (TPSA) is 26.0 Å². The van der Waals surface area contributed by atoms with Gasteiger partial charge in [0.25, 0.3) is 0 Å². The molecule has 5 heteroatoms. The third-order valence-electron chi connectivity index (χ3n) is 2.45. The Kier molecular flexibility index (Phi) is 4.14.